The van der Waals surface area contributed by atoms with Gasteiger partial charge < -0.3 is 16.0 Å². The van der Waals surface area contributed by atoms with Crippen molar-refractivity contribution in [3.05, 3.63) is 0 Å². The van der Waals surface area contributed by atoms with Gasteiger partial charge >= 0.3 is 6.03 Å². The molecule has 1 aliphatic heterocycles. The molecule has 94 valence electrons. The lowest BCUT2D eigenvalue weighted by molar-refractivity contribution is 0.163. The largest absolute Gasteiger partial charge is 0.338 e. The quantitative estimate of drug-likeness (QED) is 0.700. The number of nitrogens with zero attached hydrogens (tertiary/aromatic N) is 1. The highest BCUT2D eigenvalue weighted by Crippen LogP contribution is 2.18. The van der Waals surface area contributed by atoms with Gasteiger partial charge in [0.15, 0.2) is 0 Å². The van der Waals surface area contributed by atoms with Gasteiger partial charge in [0.25, 0.3) is 0 Å². The second-order valence-corrected chi connectivity index (χ2v) is 4.62. The fourth-order valence-corrected chi connectivity index (χ4v) is 2.20. The van der Waals surface area contributed by atoms with Crippen LogP contribution in [0.4, 0.5) is 4.79 Å². The minimum atomic E-state index is 0.107. The normalized spacial score (nSPS) is 20.9. The number of amides is 2. The number of hydrogen-bond donors (Lipinski definition) is 2. The van der Waals surface area contributed by atoms with Crippen molar-refractivity contribution in [3.8, 4) is 0 Å². The maximum absolute atomic E-state index is 11.8. The van der Waals surface area contributed by atoms with Gasteiger partial charge in [0.2, 0.25) is 0 Å². The minimum absolute atomic E-state index is 0.107. The number of rotatable bonds is 5. The standard InChI is InChI=1S/C12H25N3O/c1-2-3-8-14-12(16)15-9-4-5-11(10-15)6-7-13/h11H,2-10,13H2,1H3,(H,14,16). The average Bonchev–Trinajstić information content (AvgIpc) is 2.30. The zero-order valence-electron chi connectivity index (χ0n) is 10.4. The molecule has 0 aromatic heterocycles. The van der Waals surface area contributed by atoms with Crippen LogP contribution in [0.3, 0.4) is 0 Å². The Morgan fingerprint density at radius 1 is 1.56 bits per heavy atom. The summed E-state index contributed by atoms with van der Waals surface area (Å²) in [6, 6.07) is 0.107. The van der Waals surface area contributed by atoms with E-state index in [0.29, 0.717) is 5.92 Å². The Kier molecular flexibility index (Phi) is 6.23. The van der Waals surface area contributed by atoms with Crippen molar-refractivity contribution < 1.29 is 4.79 Å². The highest BCUT2D eigenvalue weighted by atomic mass is 16.2. The third kappa shape index (κ3) is 4.39. The van der Waals surface area contributed by atoms with Gasteiger partial charge in [-0.25, -0.2) is 4.79 Å². The van der Waals surface area contributed by atoms with Gasteiger partial charge in [-0.1, -0.05) is 13.3 Å². The Labute approximate surface area is 98.6 Å². The lowest BCUT2D eigenvalue weighted by Crippen LogP contribution is -2.46. The fourth-order valence-electron chi connectivity index (χ4n) is 2.20. The molecule has 1 heterocycles. The highest BCUT2D eigenvalue weighted by molar-refractivity contribution is 5.74. The molecule has 1 rings (SSSR count). The first-order valence-electron chi connectivity index (χ1n) is 6.50. The number of carbonyl (C=O) groups excluding carboxylic acids is 1. The molecule has 0 aromatic carbocycles. The molecule has 4 nitrogen and oxygen atoms in total. The molecule has 1 aliphatic rings. The second kappa shape index (κ2) is 7.49. The summed E-state index contributed by atoms with van der Waals surface area (Å²) in [6.45, 7) is 5.45. The Hall–Kier alpha value is -0.770. The number of carbonyl (C=O) groups is 1. The molecular weight excluding hydrogens is 202 g/mol. The van der Waals surface area contributed by atoms with Crippen molar-refractivity contribution in [2.24, 2.45) is 11.7 Å². The van der Waals surface area contributed by atoms with E-state index in [9.17, 15) is 4.79 Å². The molecule has 16 heavy (non-hydrogen) atoms. The van der Waals surface area contributed by atoms with Crippen molar-refractivity contribution in [2.75, 3.05) is 26.2 Å². The molecule has 4 heteroatoms. The van der Waals surface area contributed by atoms with Crippen LogP contribution in [0.2, 0.25) is 0 Å². The summed E-state index contributed by atoms with van der Waals surface area (Å²) in [5.41, 5.74) is 5.56. The molecule has 2 amide bonds. The summed E-state index contributed by atoms with van der Waals surface area (Å²) in [5, 5.41) is 2.97. The molecule has 1 saturated heterocycles. The predicted molar refractivity (Wildman–Crippen MR) is 66.3 cm³/mol. The van der Waals surface area contributed by atoms with Gasteiger partial charge in [-0.3, -0.25) is 0 Å². The SMILES string of the molecule is CCCCNC(=O)N1CCCC(CCN)C1. The van der Waals surface area contributed by atoms with Crippen LogP contribution < -0.4 is 11.1 Å². The smallest absolute Gasteiger partial charge is 0.317 e. The van der Waals surface area contributed by atoms with E-state index in [0.717, 1.165) is 51.9 Å². The van der Waals surface area contributed by atoms with E-state index in [-0.39, 0.29) is 6.03 Å². The average molecular weight is 227 g/mol. The Morgan fingerprint density at radius 2 is 2.38 bits per heavy atom. The molecule has 0 radical (unpaired) electrons. The third-order valence-electron chi connectivity index (χ3n) is 3.19. The van der Waals surface area contributed by atoms with Crippen LogP contribution in [0.5, 0.6) is 0 Å². The second-order valence-electron chi connectivity index (χ2n) is 4.62. The van der Waals surface area contributed by atoms with Crippen LogP contribution in [-0.4, -0.2) is 37.1 Å². The minimum Gasteiger partial charge on any atom is -0.338 e. The van der Waals surface area contributed by atoms with E-state index < -0.39 is 0 Å². The van der Waals surface area contributed by atoms with Crippen molar-refractivity contribution in [1.29, 1.82) is 0 Å². The van der Waals surface area contributed by atoms with Gasteiger partial charge in [-0.15, -0.1) is 0 Å². The predicted octanol–water partition coefficient (Wildman–Crippen LogP) is 1.56. The van der Waals surface area contributed by atoms with Crippen molar-refractivity contribution >= 4 is 6.03 Å². The van der Waals surface area contributed by atoms with Crippen molar-refractivity contribution in [2.45, 2.75) is 39.0 Å². The first kappa shape index (κ1) is 13.3. The molecule has 0 aliphatic carbocycles. The van der Waals surface area contributed by atoms with E-state index in [1.165, 1.54) is 6.42 Å². The maximum atomic E-state index is 11.8. The number of unbranched alkanes of at least 4 members (excludes halogenated alkanes) is 1. The lowest BCUT2D eigenvalue weighted by Gasteiger charge is -2.32. The Bertz CT molecular complexity index is 206. The summed E-state index contributed by atoms with van der Waals surface area (Å²) < 4.78 is 0. The van der Waals surface area contributed by atoms with E-state index >= 15 is 0 Å². The number of likely N-dealkylation sites (tertiary alicyclic amines) is 1. The van der Waals surface area contributed by atoms with Gasteiger partial charge in [-0.2, -0.15) is 0 Å². The highest BCUT2D eigenvalue weighted by Gasteiger charge is 2.22. The monoisotopic (exact) mass is 227 g/mol. The zero-order chi connectivity index (χ0) is 11.8. The number of piperidine rings is 1. The molecule has 0 saturated carbocycles. The summed E-state index contributed by atoms with van der Waals surface area (Å²) in [5.74, 6) is 0.607. The number of nitrogens with one attached hydrogen (secondary N) is 1. The van der Waals surface area contributed by atoms with Crippen molar-refractivity contribution in [1.82, 2.24) is 10.2 Å². The molecule has 1 fully saturated rings. The van der Waals surface area contributed by atoms with Crippen molar-refractivity contribution in [3.63, 3.8) is 0 Å². The fraction of sp³-hybridized carbons (Fsp3) is 0.917. The van der Waals surface area contributed by atoms with Crippen LogP contribution in [-0.2, 0) is 0 Å². The van der Waals surface area contributed by atoms with Crippen LogP contribution in [0.1, 0.15) is 39.0 Å². The van der Waals surface area contributed by atoms with E-state index in [1.807, 2.05) is 4.90 Å². The molecule has 0 aromatic rings. The van der Waals surface area contributed by atoms with Gasteiger partial charge in [0.1, 0.15) is 0 Å². The zero-order valence-corrected chi connectivity index (χ0v) is 10.4. The van der Waals surface area contributed by atoms with Crippen LogP contribution in [0, 0.1) is 5.92 Å². The van der Waals surface area contributed by atoms with Crippen LogP contribution in [0.25, 0.3) is 0 Å². The Balaban J connectivity index is 2.26. The van der Waals surface area contributed by atoms with Gasteiger partial charge in [-0.05, 0) is 38.1 Å². The number of nitrogens with two attached hydrogens (primary N) is 1. The summed E-state index contributed by atoms with van der Waals surface area (Å²) in [6.07, 6.45) is 5.56. The topological polar surface area (TPSA) is 58.4 Å². The van der Waals surface area contributed by atoms with Gasteiger partial charge in [0.05, 0.1) is 0 Å². The molecule has 0 bridgehead atoms. The first-order chi connectivity index (χ1) is 7.77. The van der Waals surface area contributed by atoms with E-state index in [2.05, 4.69) is 12.2 Å². The molecule has 3 N–H and O–H groups in total. The first-order valence-corrected chi connectivity index (χ1v) is 6.50. The maximum Gasteiger partial charge on any atom is 0.317 e. The summed E-state index contributed by atoms with van der Waals surface area (Å²) in [7, 11) is 0. The molecular formula is C12H25N3O. The van der Waals surface area contributed by atoms with Crippen LogP contribution >= 0.6 is 0 Å². The molecule has 1 atom stereocenters. The third-order valence-corrected chi connectivity index (χ3v) is 3.19. The van der Waals surface area contributed by atoms with E-state index in [4.69, 9.17) is 5.73 Å². The van der Waals surface area contributed by atoms with Crippen LogP contribution in [0.15, 0.2) is 0 Å². The lowest BCUT2D eigenvalue weighted by atomic mass is 9.95. The number of urea groups is 1. The Morgan fingerprint density at radius 3 is 3.06 bits per heavy atom. The van der Waals surface area contributed by atoms with E-state index in [1.54, 1.807) is 0 Å². The molecule has 1 unspecified atom stereocenters. The summed E-state index contributed by atoms with van der Waals surface area (Å²) >= 11 is 0. The summed E-state index contributed by atoms with van der Waals surface area (Å²) in [4.78, 5) is 13.8. The molecule has 0 spiro atoms. The van der Waals surface area contributed by atoms with Gasteiger partial charge in [0, 0.05) is 19.6 Å². The number of hydrogen-bond acceptors (Lipinski definition) is 2.